The highest BCUT2D eigenvalue weighted by Gasteiger charge is 2.51. The predicted molar refractivity (Wildman–Crippen MR) is 109 cm³/mol. The third kappa shape index (κ3) is 4.62. The quantitative estimate of drug-likeness (QED) is 0.781. The molecule has 1 spiro atoms. The van der Waals surface area contributed by atoms with Crippen molar-refractivity contribution in [2.75, 3.05) is 26.3 Å². The molecule has 0 saturated carbocycles. The maximum absolute atomic E-state index is 13.1. The van der Waals surface area contributed by atoms with Crippen molar-refractivity contribution in [3.63, 3.8) is 0 Å². The van der Waals surface area contributed by atoms with E-state index in [1.54, 1.807) is 12.4 Å². The van der Waals surface area contributed by atoms with Crippen LogP contribution >= 0.6 is 0 Å². The molecule has 1 N–H and O–H groups in total. The molecule has 170 valence electrons. The minimum absolute atomic E-state index is 0.0279. The Kier molecular flexibility index (Phi) is 6.19. The van der Waals surface area contributed by atoms with Crippen molar-refractivity contribution < 1.29 is 27.5 Å². The van der Waals surface area contributed by atoms with Crippen LogP contribution in [0.15, 0.2) is 48.8 Å². The van der Waals surface area contributed by atoms with Gasteiger partial charge in [-0.15, -0.1) is 0 Å². The van der Waals surface area contributed by atoms with E-state index < -0.39 is 29.0 Å². The lowest BCUT2D eigenvalue weighted by Gasteiger charge is -2.37. The molecule has 32 heavy (non-hydrogen) atoms. The molecule has 2 aliphatic rings. The molecule has 1 aromatic heterocycles. The number of nitrogens with zero attached hydrogens (tertiary/aromatic N) is 2. The Morgan fingerprint density at radius 3 is 2.56 bits per heavy atom. The van der Waals surface area contributed by atoms with Crippen LogP contribution in [0.1, 0.15) is 34.3 Å². The second-order valence-electron chi connectivity index (χ2n) is 8.36. The first-order valence-corrected chi connectivity index (χ1v) is 10.5. The van der Waals surface area contributed by atoms with E-state index in [9.17, 15) is 22.8 Å². The van der Waals surface area contributed by atoms with Crippen LogP contribution in [0.5, 0.6) is 0 Å². The van der Waals surface area contributed by atoms with Crippen molar-refractivity contribution in [3.8, 4) is 0 Å². The van der Waals surface area contributed by atoms with Gasteiger partial charge in [-0.05, 0) is 48.7 Å². The number of likely N-dealkylation sites (tertiary alicyclic amines) is 1. The summed E-state index contributed by atoms with van der Waals surface area (Å²) in [6.45, 7) is 1.79. The lowest BCUT2D eigenvalue weighted by molar-refractivity contribution is -0.137. The molecule has 2 amide bonds. The summed E-state index contributed by atoms with van der Waals surface area (Å²) in [4.78, 5) is 31.7. The molecule has 2 fully saturated rings. The van der Waals surface area contributed by atoms with Crippen LogP contribution in [0.3, 0.4) is 0 Å². The van der Waals surface area contributed by atoms with Gasteiger partial charge in [0.2, 0.25) is 5.91 Å². The molecule has 0 radical (unpaired) electrons. The van der Waals surface area contributed by atoms with E-state index in [1.165, 1.54) is 17.0 Å². The molecule has 9 heteroatoms. The summed E-state index contributed by atoms with van der Waals surface area (Å²) in [5.41, 5.74) is -0.433. The number of pyridine rings is 1. The highest BCUT2D eigenvalue weighted by Crippen LogP contribution is 2.45. The molecule has 3 heterocycles. The van der Waals surface area contributed by atoms with Crippen LogP contribution in [0.25, 0.3) is 0 Å². The summed E-state index contributed by atoms with van der Waals surface area (Å²) in [5.74, 6) is -1.11. The first-order chi connectivity index (χ1) is 15.3. The molecule has 2 saturated heterocycles. The normalized spacial score (nSPS) is 20.3. The fourth-order valence-corrected chi connectivity index (χ4v) is 4.59. The number of amides is 2. The Balaban J connectivity index is 1.52. The van der Waals surface area contributed by atoms with Crippen molar-refractivity contribution in [3.05, 3.63) is 65.5 Å². The third-order valence-corrected chi connectivity index (χ3v) is 6.39. The van der Waals surface area contributed by atoms with E-state index in [-0.39, 0.29) is 18.0 Å². The minimum atomic E-state index is -4.53. The zero-order chi connectivity index (χ0) is 22.8. The standard InChI is InChI=1S/C23H24F3N3O3/c24-23(25,26)18-3-1-2-17(12-18)21(31)29-14-19(22(15-29)6-10-32-11-7-22)20(30)28-13-16-4-8-27-9-5-16/h1-5,8-9,12,19H,6-7,10-11,13-15H2,(H,28,30). The number of carbonyl (C=O) groups excluding carboxylic acids is 2. The van der Waals surface area contributed by atoms with Crippen LogP contribution in [-0.4, -0.2) is 48.0 Å². The number of rotatable bonds is 4. The second-order valence-corrected chi connectivity index (χ2v) is 8.36. The van der Waals surface area contributed by atoms with E-state index in [4.69, 9.17) is 4.74 Å². The van der Waals surface area contributed by atoms with Crippen LogP contribution in [0.2, 0.25) is 0 Å². The zero-order valence-electron chi connectivity index (χ0n) is 17.4. The van der Waals surface area contributed by atoms with E-state index in [0.29, 0.717) is 39.1 Å². The van der Waals surface area contributed by atoms with Crippen molar-refractivity contribution in [1.29, 1.82) is 0 Å². The highest BCUT2D eigenvalue weighted by molar-refractivity contribution is 5.95. The molecular weight excluding hydrogens is 423 g/mol. The van der Waals surface area contributed by atoms with Gasteiger partial charge in [0.25, 0.3) is 5.91 Å². The Hall–Kier alpha value is -2.94. The molecular formula is C23H24F3N3O3. The maximum atomic E-state index is 13.1. The average molecular weight is 447 g/mol. The number of ether oxygens (including phenoxy) is 1. The molecule has 4 rings (SSSR count). The van der Waals surface area contributed by atoms with Gasteiger partial charge < -0.3 is 15.0 Å². The summed E-state index contributed by atoms with van der Waals surface area (Å²) in [6, 6.07) is 8.04. The number of alkyl halides is 3. The number of hydrogen-bond donors (Lipinski definition) is 1. The molecule has 2 aliphatic heterocycles. The largest absolute Gasteiger partial charge is 0.416 e. The van der Waals surface area contributed by atoms with E-state index in [0.717, 1.165) is 17.7 Å². The number of hydrogen-bond acceptors (Lipinski definition) is 4. The second kappa shape index (κ2) is 8.90. The summed E-state index contributed by atoms with van der Waals surface area (Å²) in [6.07, 6.45) is -0.00295. The SMILES string of the molecule is O=C(NCc1ccncc1)C1CN(C(=O)c2cccc(C(F)(F)F)c2)CC12CCOCC2. The smallest absolute Gasteiger partial charge is 0.381 e. The van der Waals surface area contributed by atoms with Crippen LogP contribution in [0.4, 0.5) is 13.2 Å². The Labute approximate surface area is 183 Å². The third-order valence-electron chi connectivity index (χ3n) is 6.39. The Morgan fingerprint density at radius 1 is 1.16 bits per heavy atom. The van der Waals surface area contributed by atoms with Crippen molar-refractivity contribution in [2.24, 2.45) is 11.3 Å². The molecule has 6 nitrogen and oxygen atoms in total. The first-order valence-electron chi connectivity index (χ1n) is 10.5. The molecule has 1 atom stereocenters. The van der Waals surface area contributed by atoms with Gasteiger partial charge >= 0.3 is 6.18 Å². The summed E-state index contributed by atoms with van der Waals surface area (Å²) in [7, 11) is 0. The molecule has 2 aromatic rings. The maximum Gasteiger partial charge on any atom is 0.416 e. The predicted octanol–water partition coefficient (Wildman–Crippen LogP) is 3.29. The molecule has 0 bridgehead atoms. The zero-order valence-corrected chi connectivity index (χ0v) is 17.4. The van der Waals surface area contributed by atoms with Crippen molar-refractivity contribution >= 4 is 11.8 Å². The van der Waals surface area contributed by atoms with Gasteiger partial charge in [-0.3, -0.25) is 14.6 Å². The van der Waals surface area contributed by atoms with Gasteiger partial charge in [0.1, 0.15) is 0 Å². The van der Waals surface area contributed by atoms with Gasteiger partial charge in [-0.25, -0.2) is 0 Å². The van der Waals surface area contributed by atoms with E-state index >= 15 is 0 Å². The monoisotopic (exact) mass is 447 g/mol. The summed E-state index contributed by atoms with van der Waals surface area (Å²) >= 11 is 0. The van der Waals surface area contributed by atoms with E-state index in [2.05, 4.69) is 10.3 Å². The number of aromatic nitrogens is 1. The van der Waals surface area contributed by atoms with Gasteiger partial charge in [0, 0.05) is 56.2 Å². The fraction of sp³-hybridized carbons (Fsp3) is 0.435. The summed E-state index contributed by atoms with van der Waals surface area (Å²) < 4.78 is 44.8. The first kappa shape index (κ1) is 22.3. The lowest BCUT2D eigenvalue weighted by Crippen LogP contribution is -2.44. The fourth-order valence-electron chi connectivity index (χ4n) is 4.59. The van der Waals surface area contributed by atoms with Crippen LogP contribution in [-0.2, 0) is 22.3 Å². The van der Waals surface area contributed by atoms with Crippen molar-refractivity contribution in [2.45, 2.75) is 25.6 Å². The van der Waals surface area contributed by atoms with Crippen LogP contribution < -0.4 is 5.32 Å². The molecule has 1 unspecified atom stereocenters. The Bertz CT molecular complexity index is 975. The number of carbonyl (C=O) groups is 2. The van der Waals surface area contributed by atoms with Gasteiger partial charge in [0.15, 0.2) is 0 Å². The number of halogens is 3. The van der Waals surface area contributed by atoms with Gasteiger partial charge in [0.05, 0.1) is 11.5 Å². The highest BCUT2D eigenvalue weighted by atomic mass is 19.4. The van der Waals surface area contributed by atoms with Crippen molar-refractivity contribution in [1.82, 2.24) is 15.2 Å². The lowest BCUT2D eigenvalue weighted by atomic mass is 9.71. The van der Waals surface area contributed by atoms with Gasteiger partial charge in [-0.2, -0.15) is 13.2 Å². The Morgan fingerprint density at radius 2 is 1.88 bits per heavy atom. The van der Waals surface area contributed by atoms with Gasteiger partial charge in [-0.1, -0.05) is 6.07 Å². The average Bonchev–Trinajstić information content (AvgIpc) is 3.16. The summed E-state index contributed by atoms with van der Waals surface area (Å²) in [5, 5.41) is 2.95. The molecule has 0 aliphatic carbocycles. The van der Waals surface area contributed by atoms with Crippen LogP contribution in [0, 0.1) is 11.3 Å². The number of nitrogens with one attached hydrogen (secondary N) is 1. The minimum Gasteiger partial charge on any atom is -0.381 e. The molecule has 1 aromatic carbocycles. The van der Waals surface area contributed by atoms with E-state index in [1.807, 2.05) is 12.1 Å². The topological polar surface area (TPSA) is 71.5 Å². The number of benzene rings is 1.